The van der Waals surface area contributed by atoms with E-state index in [1.54, 1.807) is 37.3 Å². The van der Waals surface area contributed by atoms with Gasteiger partial charge in [-0.15, -0.1) is 0 Å². The number of sulfonamides is 1. The Labute approximate surface area is 206 Å². The van der Waals surface area contributed by atoms with E-state index < -0.39 is 10.0 Å². The van der Waals surface area contributed by atoms with Crippen LogP contribution in [0.25, 0.3) is 10.2 Å². The lowest BCUT2D eigenvalue weighted by Crippen LogP contribution is -2.14. The van der Waals surface area contributed by atoms with Crippen LogP contribution in [0.2, 0.25) is 15.1 Å². The van der Waals surface area contributed by atoms with Gasteiger partial charge in [0.1, 0.15) is 0 Å². The van der Waals surface area contributed by atoms with E-state index in [-0.39, 0.29) is 26.4 Å². The first-order valence-electron chi connectivity index (χ1n) is 8.64. The topological polar surface area (TPSA) is 68.3 Å². The van der Waals surface area contributed by atoms with Gasteiger partial charge in [0.15, 0.2) is 5.75 Å². The molecule has 0 saturated carbocycles. The summed E-state index contributed by atoms with van der Waals surface area (Å²) in [6.45, 7) is 1.71. The molecule has 0 aliphatic heterocycles. The van der Waals surface area contributed by atoms with E-state index in [0.717, 1.165) is 14.7 Å². The molecule has 4 rings (SSSR count). The van der Waals surface area contributed by atoms with Crippen molar-refractivity contribution in [1.82, 2.24) is 4.98 Å². The van der Waals surface area contributed by atoms with Gasteiger partial charge >= 0.3 is 0 Å². The summed E-state index contributed by atoms with van der Waals surface area (Å²) in [6, 6.07) is 13.1. The van der Waals surface area contributed by atoms with Gasteiger partial charge < -0.3 is 4.74 Å². The third-order valence-electron chi connectivity index (χ3n) is 4.20. The Morgan fingerprint density at radius 1 is 1.03 bits per heavy atom. The lowest BCUT2D eigenvalue weighted by atomic mass is 10.2. The molecule has 0 radical (unpaired) electrons. The zero-order chi connectivity index (χ0) is 22.3. The average molecular weight is 579 g/mol. The Balaban J connectivity index is 1.62. The molecule has 0 saturated heterocycles. The molecule has 1 heterocycles. The molecule has 5 nitrogen and oxygen atoms in total. The van der Waals surface area contributed by atoms with Crippen LogP contribution in [0, 0.1) is 6.92 Å². The number of rotatable bonds is 5. The molecule has 0 fully saturated rings. The largest absolute Gasteiger partial charge is 0.428 e. The molecule has 0 bridgehead atoms. The van der Waals surface area contributed by atoms with Gasteiger partial charge in [-0.3, -0.25) is 4.72 Å². The number of nitrogens with one attached hydrogen (secondary N) is 1. The van der Waals surface area contributed by atoms with Gasteiger partial charge in [0, 0.05) is 9.50 Å². The Kier molecular flexibility index (Phi) is 6.40. The van der Waals surface area contributed by atoms with E-state index in [1.807, 2.05) is 0 Å². The first-order valence-corrected chi connectivity index (χ1v) is 12.9. The number of ether oxygens (including phenoxy) is 1. The van der Waals surface area contributed by atoms with E-state index in [9.17, 15) is 8.42 Å². The van der Waals surface area contributed by atoms with E-state index in [0.29, 0.717) is 15.8 Å². The minimum absolute atomic E-state index is 0.134. The monoisotopic (exact) mass is 576 g/mol. The Bertz CT molecular complexity index is 1400. The van der Waals surface area contributed by atoms with Crippen molar-refractivity contribution in [3.05, 3.63) is 73.6 Å². The SMILES string of the molecule is Cc1cc(Br)ccc1S(=O)(=O)Nc1cc(Cl)c(Oc2nc3ccc(Cl)cc3s2)c(Cl)c1. The lowest BCUT2D eigenvalue weighted by Gasteiger charge is -2.13. The van der Waals surface area contributed by atoms with Crippen LogP contribution in [0.1, 0.15) is 5.56 Å². The van der Waals surface area contributed by atoms with Crippen LogP contribution in [0.3, 0.4) is 0 Å². The molecular weight excluding hydrogens is 567 g/mol. The predicted molar refractivity (Wildman–Crippen MR) is 131 cm³/mol. The van der Waals surface area contributed by atoms with Crippen molar-refractivity contribution in [2.45, 2.75) is 11.8 Å². The summed E-state index contributed by atoms with van der Waals surface area (Å²) >= 11 is 23.3. The van der Waals surface area contributed by atoms with Crippen molar-refractivity contribution in [3.63, 3.8) is 0 Å². The number of anilines is 1. The average Bonchev–Trinajstić information content (AvgIpc) is 3.05. The van der Waals surface area contributed by atoms with Crippen molar-refractivity contribution in [1.29, 1.82) is 0 Å². The smallest absolute Gasteiger partial charge is 0.279 e. The maximum Gasteiger partial charge on any atom is 0.279 e. The third-order valence-corrected chi connectivity index (χ3v) is 7.92. The van der Waals surface area contributed by atoms with Crippen LogP contribution >= 0.6 is 62.1 Å². The maximum absolute atomic E-state index is 12.8. The van der Waals surface area contributed by atoms with Gasteiger partial charge in [-0.1, -0.05) is 62.1 Å². The molecule has 0 spiro atoms. The van der Waals surface area contributed by atoms with Crippen molar-refractivity contribution in [3.8, 4) is 10.9 Å². The predicted octanol–water partition coefficient (Wildman–Crippen LogP) is 7.92. The van der Waals surface area contributed by atoms with Crippen LogP contribution < -0.4 is 9.46 Å². The zero-order valence-electron chi connectivity index (χ0n) is 15.6. The first kappa shape index (κ1) is 22.6. The summed E-state index contributed by atoms with van der Waals surface area (Å²) in [4.78, 5) is 4.52. The second kappa shape index (κ2) is 8.77. The molecule has 31 heavy (non-hydrogen) atoms. The Morgan fingerprint density at radius 2 is 1.74 bits per heavy atom. The highest BCUT2D eigenvalue weighted by Gasteiger charge is 2.20. The molecule has 11 heteroatoms. The Hall–Kier alpha value is -1.55. The number of halogens is 4. The van der Waals surface area contributed by atoms with Crippen LogP contribution in [-0.2, 0) is 10.0 Å². The van der Waals surface area contributed by atoms with Crippen molar-refractivity contribution < 1.29 is 13.2 Å². The highest BCUT2D eigenvalue weighted by molar-refractivity contribution is 9.10. The fourth-order valence-corrected chi connectivity index (χ4v) is 6.25. The van der Waals surface area contributed by atoms with E-state index in [4.69, 9.17) is 39.5 Å². The molecule has 1 N–H and O–H groups in total. The van der Waals surface area contributed by atoms with Crippen LogP contribution in [0.4, 0.5) is 5.69 Å². The second-order valence-corrected chi connectivity index (χ2v) is 11.3. The lowest BCUT2D eigenvalue weighted by molar-refractivity contribution is 0.481. The summed E-state index contributed by atoms with van der Waals surface area (Å²) in [6.07, 6.45) is 0. The minimum atomic E-state index is -3.84. The number of hydrogen-bond acceptors (Lipinski definition) is 5. The number of thiazole rings is 1. The summed E-state index contributed by atoms with van der Waals surface area (Å²) in [7, 11) is -3.84. The second-order valence-electron chi connectivity index (χ2n) is 6.48. The van der Waals surface area contributed by atoms with Crippen LogP contribution in [0.5, 0.6) is 10.9 Å². The molecule has 0 amide bonds. The van der Waals surface area contributed by atoms with Gasteiger partial charge in [-0.05, 0) is 61.0 Å². The van der Waals surface area contributed by atoms with Gasteiger partial charge in [0.25, 0.3) is 15.2 Å². The van der Waals surface area contributed by atoms with Gasteiger partial charge in [-0.2, -0.15) is 0 Å². The van der Waals surface area contributed by atoms with E-state index in [2.05, 4.69) is 25.6 Å². The van der Waals surface area contributed by atoms with Crippen LogP contribution in [0.15, 0.2) is 57.9 Å². The fraction of sp³-hybridized carbons (Fsp3) is 0.0500. The van der Waals surface area contributed by atoms with Crippen molar-refractivity contribution >= 4 is 88.0 Å². The Morgan fingerprint density at radius 3 is 2.42 bits per heavy atom. The molecule has 1 aromatic heterocycles. The minimum Gasteiger partial charge on any atom is -0.428 e. The summed E-state index contributed by atoms with van der Waals surface area (Å²) in [5.41, 5.74) is 1.53. The van der Waals surface area contributed by atoms with Gasteiger partial charge in [0.2, 0.25) is 0 Å². The number of aryl methyl sites for hydroxylation is 1. The highest BCUT2D eigenvalue weighted by Crippen LogP contribution is 2.41. The number of benzene rings is 3. The quantitative estimate of drug-likeness (QED) is 0.261. The van der Waals surface area contributed by atoms with Crippen molar-refractivity contribution in [2.75, 3.05) is 4.72 Å². The third kappa shape index (κ3) is 4.94. The van der Waals surface area contributed by atoms with Gasteiger partial charge in [-0.25, -0.2) is 13.4 Å². The highest BCUT2D eigenvalue weighted by atomic mass is 79.9. The molecule has 160 valence electrons. The van der Waals surface area contributed by atoms with E-state index >= 15 is 0 Å². The molecule has 0 unspecified atom stereocenters. The maximum atomic E-state index is 12.8. The number of nitrogens with zero attached hydrogens (tertiary/aromatic N) is 1. The number of aromatic nitrogens is 1. The van der Waals surface area contributed by atoms with E-state index in [1.165, 1.54) is 29.5 Å². The molecule has 0 aliphatic carbocycles. The van der Waals surface area contributed by atoms with Gasteiger partial charge in [0.05, 0.1) is 30.8 Å². The van der Waals surface area contributed by atoms with Crippen molar-refractivity contribution in [2.24, 2.45) is 0 Å². The summed E-state index contributed by atoms with van der Waals surface area (Å²) < 4.78 is 35.5. The fourth-order valence-electron chi connectivity index (χ4n) is 2.85. The molecule has 3 aromatic carbocycles. The molecule has 4 aromatic rings. The molecule has 0 aliphatic rings. The molecular formula is C20H12BrCl3N2O3S2. The number of hydrogen-bond donors (Lipinski definition) is 1. The standard InChI is InChI=1S/C20H12BrCl3N2O3S2/c1-10-6-11(21)2-5-18(10)31(27,28)26-13-8-14(23)19(15(24)9-13)29-20-25-16-4-3-12(22)7-17(16)30-20/h2-9,26H,1H3. The summed E-state index contributed by atoms with van der Waals surface area (Å²) in [5.74, 6) is 0.177. The molecule has 0 atom stereocenters. The summed E-state index contributed by atoms with van der Waals surface area (Å²) in [5, 5.41) is 1.20. The normalized spacial score (nSPS) is 11.6. The number of fused-ring (bicyclic) bond motifs is 1. The van der Waals surface area contributed by atoms with Crippen LogP contribution in [-0.4, -0.2) is 13.4 Å². The zero-order valence-corrected chi connectivity index (χ0v) is 21.1. The first-order chi connectivity index (χ1) is 14.6.